The van der Waals surface area contributed by atoms with Gasteiger partial charge in [-0.1, -0.05) is 0 Å². The lowest BCUT2D eigenvalue weighted by atomic mass is 10.0. The molecule has 14 heavy (non-hydrogen) atoms. The summed E-state index contributed by atoms with van der Waals surface area (Å²) in [6.45, 7) is 2.56. The highest BCUT2D eigenvalue weighted by atomic mass is 16.1. The number of ketones is 1. The van der Waals surface area contributed by atoms with Crippen LogP contribution in [-0.2, 0) is 4.79 Å². The molecule has 3 fully saturated rings. The molecule has 1 saturated heterocycles. The van der Waals surface area contributed by atoms with Gasteiger partial charge in [0.25, 0.3) is 0 Å². The van der Waals surface area contributed by atoms with E-state index in [1.807, 2.05) is 0 Å². The van der Waals surface area contributed by atoms with Crippen molar-refractivity contribution in [2.45, 2.75) is 44.6 Å². The number of carbonyl (C=O) groups is 1. The summed E-state index contributed by atoms with van der Waals surface area (Å²) in [5.74, 6) is 2.52. The third-order valence-corrected chi connectivity index (χ3v) is 4.28. The topological polar surface area (TPSA) is 20.3 Å². The maximum absolute atomic E-state index is 11.2. The van der Waals surface area contributed by atoms with E-state index in [9.17, 15) is 4.79 Å². The van der Waals surface area contributed by atoms with Crippen molar-refractivity contribution in [1.29, 1.82) is 0 Å². The monoisotopic (exact) mass is 193 g/mol. The largest absolute Gasteiger partial charge is 0.300 e. The summed E-state index contributed by atoms with van der Waals surface area (Å²) in [5.41, 5.74) is 0. The second-order valence-corrected chi connectivity index (χ2v) is 5.32. The fourth-order valence-corrected chi connectivity index (χ4v) is 3.21. The minimum absolute atomic E-state index is 0.491. The molecule has 2 heteroatoms. The van der Waals surface area contributed by atoms with Crippen LogP contribution in [-0.4, -0.2) is 29.8 Å². The molecule has 1 aliphatic heterocycles. The summed E-state index contributed by atoms with van der Waals surface area (Å²) in [6, 6.07) is 0.617. The predicted molar refractivity (Wildman–Crippen MR) is 55.1 cm³/mol. The first-order chi connectivity index (χ1) is 6.83. The fourth-order valence-electron chi connectivity index (χ4n) is 3.21. The number of nitrogens with zero attached hydrogens (tertiary/aromatic N) is 1. The van der Waals surface area contributed by atoms with Crippen LogP contribution in [0.5, 0.6) is 0 Å². The van der Waals surface area contributed by atoms with Crippen LogP contribution >= 0.6 is 0 Å². The van der Waals surface area contributed by atoms with Crippen LogP contribution in [0.4, 0.5) is 0 Å². The van der Waals surface area contributed by atoms with E-state index in [1.54, 1.807) is 0 Å². The Hall–Kier alpha value is -0.370. The highest BCUT2D eigenvalue weighted by Crippen LogP contribution is 2.42. The Labute approximate surface area is 85.7 Å². The number of rotatable bonds is 2. The predicted octanol–water partition coefficient (Wildman–Crippen LogP) is 1.84. The SMILES string of the molecule is O=C1CCC(N2CCC(C3CC3)C2)C1. The molecule has 3 rings (SSSR count). The summed E-state index contributed by atoms with van der Waals surface area (Å²) in [5, 5.41) is 0. The number of hydrogen-bond acceptors (Lipinski definition) is 2. The first kappa shape index (κ1) is 8.90. The standard InChI is InChI=1S/C12H19NO/c14-12-4-3-11(7-12)13-6-5-10(8-13)9-1-2-9/h9-11H,1-8H2. The van der Waals surface area contributed by atoms with Gasteiger partial charge in [0.15, 0.2) is 0 Å². The quantitative estimate of drug-likeness (QED) is 0.667. The Morgan fingerprint density at radius 3 is 2.57 bits per heavy atom. The first-order valence-electron chi connectivity index (χ1n) is 6.08. The molecule has 2 unspecified atom stereocenters. The molecule has 3 aliphatic rings. The van der Waals surface area contributed by atoms with Gasteiger partial charge < -0.3 is 0 Å². The van der Waals surface area contributed by atoms with Crippen LogP contribution in [0.25, 0.3) is 0 Å². The van der Waals surface area contributed by atoms with Gasteiger partial charge in [0.1, 0.15) is 5.78 Å². The van der Waals surface area contributed by atoms with E-state index in [0.29, 0.717) is 11.8 Å². The van der Waals surface area contributed by atoms with Gasteiger partial charge in [0.05, 0.1) is 0 Å². The van der Waals surface area contributed by atoms with Gasteiger partial charge in [-0.05, 0) is 44.1 Å². The van der Waals surface area contributed by atoms with Crippen LogP contribution < -0.4 is 0 Å². The van der Waals surface area contributed by atoms with E-state index in [0.717, 1.165) is 31.1 Å². The Kier molecular flexibility index (Phi) is 2.12. The van der Waals surface area contributed by atoms with Crippen LogP contribution in [0, 0.1) is 11.8 Å². The average molecular weight is 193 g/mol. The van der Waals surface area contributed by atoms with E-state index in [2.05, 4.69) is 4.90 Å². The molecule has 2 atom stereocenters. The van der Waals surface area contributed by atoms with Crippen LogP contribution in [0.3, 0.4) is 0 Å². The van der Waals surface area contributed by atoms with Crippen molar-refractivity contribution < 1.29 is 4.79 Å². The zero-order valence-corrected chi connectivity index (χ0v) is 8.74. The third-order valence-electron chi connectivity index (χ3n) is 4.28. The van der Waals surface area contributed by atoms with E-state index in [4.69, 9.17) is 0 Å². The Morgan fingerprint density at radius 2 is 1.93 bits per heavy atom. The molecule has 2 aliphatic carbocycles. The van der Waals surface area contributed by atoms with E-state index >= 15 is 0 Å². The molecule has 0 N–H and O–H groups in total. The Bertz CT molecular complexity index is 247. The first-order valence-corrected chi connectivity index (χ1v) is 6.08. The Balaban J connectivity index is 1.56. The maximum atomic E-state index is 11.2. The fraction of sp³-hybridized carbons (Fsp3) is 0.917. The van der Waals surface area contributed by atoms with Crippen molar-refractivity contribution in [3.63, 3.8) is 0 Å². The molecule has 0 spiro atoms. The summed E-state index contributed by atoms with van der Waals surface area (Å²) < 4.78 is 0. The molecule has 0 aromatic rings. The van der Waals surface area contributed by atoms with Crippen molar-refractivity contribution in [1.82, 2.24) is 4.90 Å². The normalized spacial score (nSPS) is 39.6. The molecule has 1 heterocycles. The van der Waals surface area contributed by atoms with Gasteiger partial charge in [-0.3, -0.25) is 9.69 Å². The highest BCUT2D eigenvalue weighted by Gasteiger charge is 2.39. The second-order valence-electron chi connectivity index (χ2n) is 5.32. The summed E-state index contributed by atoms with van der Waals surface area (Å²) in [6.07, 6.45) is 7.17. The second kappa shape index (κ2) is 3.34. The van der Waals surface area contributed by atoms with Crippen LogP contribution in [0.2, 0.25) is 0 Å². The van der Waals surface area contributed by atoms with Crippen LogP contribution in [0.1, 0.15) is 38.5 Å². The van der Waals surface area contributed by atoms with Gasteiger partial charge in [0.2, 0.25) is 0 Å². The highest BCUT2D eigenvalue weighted by molar-refractivity contribution is 5.81. The summed E-state index contributed by atoms with van der Waals surface area (Å²) >= 11 is 0. The molecular formula is C12H19NO. The number of carbonyl (C=O) groups excluding carboxylic acids is 1. The van der Waals surface area contributed by atoms with Gasteiger partial charge in [-0.2, -0.15) is 0 Å². The van der Waals surface area contributed by atoms with E-state index < -0.39 is 0 Å². The third kappa shape index (κ3) is 1.60. The number of Topliss-reactive ketones (excluding diaryl/α,β-unsaturated/α-hetero) is 1. The Morgan fingerprint density at radius 1 is 1.07 bits per heavy atom. The minimum atomic E-state index is 0.491. The molecule has 2 saturated carbocycles. The molecule has 2 nitrogen and oxygen atoms in total. The van der Waals surface area contributed by atoms with Crippen LogP contribution in [0.15, 0.2) is 0 Å². The molecule has 0 amide bonds. The van der Waals surface area contributed by atoms with Crippen molar-refractivity contribution in [3.05, 3.63) is 0 Å². The molecule has 0 bridgehead atoms. The average Bonchev–Trinajstić information content (AvgIpc) is 2.76. The van der Waals surface area contributed by atoms with Gasteiger partial charge in [0, 0.05) is 25.4 Å². The van der Waals surface area contributed by atoms with Gasteiger partial charge in [-0.15, -0.1) is 0 Å². The minimum Gasteiger partial charge on any atom is -0.300 e. The van der Waals surface area contributed by atoms with Crippen molar-refractivity contribution in [3.8, 4) is 0 Å². The van der Waals surface area contributed by atoms with Crippen molar-refractivity contribution in [2.24, 2.45) is 11.8 Å². The smallest absolute Gasteiger partial charge is 0.134 e. The lowest BCUT2D eigenvalue weighted by Gasteiger charge is -2.22. The number of hydrogen-bond donors (Lipinski definition) is 0. The zero-order valence-electron chi connectivity index (χ0n) is 8.74. The van der Waals surface area contributed by atoms with E-state index in [-0.39, 0.29) is 0 Å². The summed E-state index contributed by atoms with van der Waals surface area (Å²) in [4.78, 5) is 13.8. The molecule has 0 radical (unpaired) electrons. The number of likely N-dealkylation sites (tertiary alicyclic amines) is 1. The van der Waals surface area contributed by atoms with Gasteiger partial charge in [-0.25, -0.2) is 0 Å². The zero-order chi connectivity index (χ0) is 9.54. The molecular weight excluding hydrogens is 174 g/mol. The maximum Gasteiger partial charge on any atom is 0.134 e. The van der Waals surface area contributed by atoms with Crippen molar-refractivity contribution >= 4 is 5.78 Å². The van der Waals surface area contributed by atoms with Crippen molar-refractivity contribution in [2.75, 3.05) is 13.1 Å². The molecule has 0 aromatic heterocycles. The lowest BCUT2D eigenvalue weighted by molar-refractivity contribution is -0.117. The van der Waals surface area contributed by atoms with E-state index in [1.165, 1.54) is 32.4 Å². The summed E-state index contributed by atoms with van der Waals surface area (Å²) in [7, 11) is 0. The van der Waals surface area contributed by atoms with Gasteiger partial charge >= 0.3 is 0 Å². The lowest BCUT2D eigenvalue weighted by Crippen LogP contribution is -2.31. The molecule has 78 valence electrons. The molecule has 0 aromatic carbocycles.